The molecule has 2 saturated heterocycles. The van der Waals surface area contributed by atoms with Crippen molar-refractivity contribution in [3.05, 3.63) is 72.3 Å². The van der Waals surface area contributed by atoms with E-state index in [0.29, 0.717) is 26.1 Å². The molecule has 0 spiro atoms. The third-order valence-electron chi connectivity index (χ3n) is 5.73. The summed E-state index contributed by atoms with van der Waals surface area (Å²) < 4.78 is 0. The van der Waals surface area contributed by atoms with Crippen LogP contribution in [0.15, 0.2) is 66.7 Å². The summed E-state index contributed by atoms with van der Waals surface area (Å²) in [7, 11) is 0. The molecule has 2 aromatic carbocycles. The van der Waals surface area contributed by atoms with Gasteiger partial charge in [-0.1, -0.05) is 60.7 Å². The van der Waals surface area contributed by atoms with E-state index in [0.717, 1.165) is 25.3 Å². The van der Waals surface area contributed by atoms with E-state index in [4.69, 9.17) is 0 Å². The molecule has 0 saturated carbocycles. The maximum atomic E-state index is 12.9. The Hall–Kier alpha value is -2.92. The van der Waals surface area contributed by atoms with Crippen LogP contribution in [0.25, 0.3) is 6.08 Å². The van der Waals surface area contributed by atoms with Crippen LogP contribution in [0, 0.1) is 5.92 Å². The first-order valence-electron chi connectivity index (χ1n) is 10.3. The van der Waals surface area contributed by atoms with Crippen molar-refractivity contribution >= 4 is 23.6 Å². The second-order valence-corrected chi connectivity index (χ2v) is 7.61. The van der Waals surface area contributed by atoms with Crippen LogP contribution < -0.4 is 4.90 Å². The molecule has 0 bridgehead atoms. The SMILES string of the molecule is O=C(C1CCN(c2ccccc2)C1=O)N1CCN(C/C=C/c2ccccc2)CC1. The molecule has 0 aliphatic carbocycles. The molecule has 2 aliphatic heterocycles. The van der Waals surface area contributed by atoms with E-state index in [9.17, 15) is 9.59 Å². The number of benzene rings is 2. The summed E-state index contributed by atoms with van der Waals surface area (Å²) in [5.41, 5.74) is 2.08. The van der Waals surface area contributed by atoms with Gasteiger partial charge in [-0.15, -0.1) is 0 Å². The van der Waals surface area contributed by atoms with Gasteiger partial charge in [0.15, 0.2) is 0 Å². The largest absolute Gasteiger partial charge is 0.339 e. The first kappa shape index (κ1) is 19.4. The van der Waals surface area contributed by atoms with Gasteiger partial charge in [-0.05, 0) is 24.1 Å². The predicted molar refractivity (Wildman–Crippen MR) is 115 cm³/mol. The van der Waals surface area contributed by atoms with Gasteiger partial charge in [-0.2, -0.15) is 0 Å². The van der Waals surface area contributed by atoms with Crippen molar-refractivity contribution in [1.29, 1.82) is 0 Å². The van der Waals surface area contributed by atoms with Crippen molar-refractivity contribution in [1.82, 2.24) is 9.80 Å². The topological polar surface area (TPSA) is 43.9 Å². The lowest BCUT2D eigenvalue weighted by molar-refractivity contribution is -0.141. The second-order valence-electron chi connectivity index (χ2n) is 7.61. The maximum Gasteiger partial charge on any atom is 0.239 e. The molecule has 5 heteroatoms. The molecule has 2 amide bonds. The Bertz CT molecular complexity index is 858. The number of amides is 2. The van der Waals surface area contributed by atoms with Gasteiger partial charge in [-0.25, -0.2) is 0 Å². The van der Waals surface area contributed by atoms with Gasteiger partial charge < -0.3 is 9.80 Å². The number of rotatable bonds is 5. The zero-order valence-electron chi connectivity index (χ0n) is 16.6. The van der Waals surface area contributed by atoms with Crippen molar-refractivity contribution in [2.45, 2.75) is 6.42 Å². The van der Waals surface area contributed by atoms with Gasteiger partial charge in [0.2, 0.25) is 11.8 Å². The van der Waals surface area contributed by atoms with Crippen molar-refractivity contribution in [3.63, 3.8) is 0 Å². The van der Waals surface area contributed by atoms with E-state index >= 15 is 0 Å². The summed E-state index contributed by atoms with van der Waals surface area (Å²) in [6.45, 7) is 4.55. The molecular weight excluding hydrogens is 362 g/mol. The van der Waals surface area contributed by atoms with E-state index in [1.807, 2.05) is 53.4 Å². The molecule has 2 heterocycles. The third kappa shape index (κ3) is 4.57. The minimum atomic E-state index is -0.528. The molecule has 4 rings (SSSR count). The second kappa shape index (κ2) is 9.05. The Labute approximate surface area is 172 Å². The van der Waals surface area contributed by atoms with Crippen molar-refractivity contribution in [2.75, 3.05) is 44.2 Å². The van der Waals surface area contributed by atoms with Crippen LogP contribution in [-0.2, 0) is 9.59 Å². The minimum Gasteiger partial charge on any atom is -0.339 e. The molecule has 150 valence electrons. The van der Waals surface area contributed by atoms with E-state index in [2.05, 4.69) is 29.2 Å². The summed E-state index contributed by atoms with van der Waals surface area (Å²) in [5, 5.41) is 0. The van der Waals surface area contributed by atoms with Crippen LogP contribution in [0.4, 0.5) is 5.69 Å². The Balaban J connectivity index is 1.27. The summed E-state index contributed by atoms with van der Waals surface area (Å²) in [6, 6.07) is 19.9. The third-order valence-corrected chi connectivity index (χ3v) is 5.73. The van der Waals surface area contributed by atoms with E-state index in [1.165, 1.54) is 5.56 Å². The lowest BCUT2D eigenvalue weighted by atomic mass is 10.1. The Morgan fingerprint density at radius 2 is 1.55 bits per heavy atom. The summed E-state index contributed by atoms with van der Waals surface area (Å²) in [4.78, 5) is 31.7. The molecule has 0 radical (unpaired) electrons. The fourth-order valence-corrected chi connectivity index (χ4v) is 4.05. The number of hydrogen-bond donors (Lipinski definition) is 0. The van der Waals surface area contributed by atoms with Crippen LogP contribution in [0.3, 0.4) is 0 Å². The molecule has 29 heavy (non-hydrogen) atoms. The number of piperazine rings is 1. The highest BCUT2D eigenvalue weighted by molar-refractivity contribution is 6.09. The molecular formula is C24H27N3O2. The van der Waals surface area contributed by atoms with E-state index in [-0.39, 0.29) is 11.8 Å². The standard InChI is InChI=1S/C24H27N3O2/c28-23(22-13-15-27(24(22)29)21-11-5-2-6-12-21)26-18-16-25(17-19-26)14-7-10-20-8-3-1-4-9-20/h1-12,22H,13-19H2/b10-7+. The average Bonchev–Trinajstić information content (AvgIpc) is 3.16. The van der Waals surface area contributed by atoms with Crippen LogP contribution in [0.5, 0.6) is 0 Å². The summed E-state index contributed by atoms with van der Waals surface area (Å²) in [6.07, 6.45) is 4.91. The molecule has 2 aliphatic rings. The van der Waals surface area contributed by atoms with Gasteiger partial charge in [0.25, 0.3) is 0 Å². The molecule has 1 atom stereocenters. The Morgan fingerprint density at radius 3 is 2.24 bits per heavy atom. The molecule has 2 fully saturated rings. The quantitative estimate of drug-likeness (QED) is 0.739. The van der Waals surface area contributed by atoms with E-state index < -0.39 is 5.92 Å². The van der Waals surface area contributed by atoms with E-state index in [1.54, 1.807) is 4.90 Å². The molecule has 2 aromatic rings. The number of hydrogen-bond acceptors (Lipinski definition) is 3. The Morgan fingerprint density at radius 1 is 0.897 bits per heavy atom. The highest BCUT2D eigenvalue weighted by Gasteiger charge is 2.40. The van der Waals surface area contributed by atoms with Crippen LogP contribution >= 0.6 is 0 Å². The number of para-hydroxylation sites is 1. The van der Waals surface area contributed by atoms with Gasteiger partial charge in [-0.3, -0.25) is 14.5 Å². The zero-order valence-corrected chi connectivity index (χ0v) is 16.6. The smallest absolute Gasteiger partial charge is 0.239 e. The van der Waals surface area contributed by atoms with Gasteiger partial charge in [0, 0.05) is 45.0 Å². The Kier molecular flexibility index (Phi) is 6.06. The molecule has 5 nitrogen and oxygen atoms in total. The highest BCUT2D eigenvalue weighted by atomic mass is 16.2. The zero-order chi connectivity index (χ0) is 20.1. The van der Waals surface area contributed by atoms with Gasteiger partial charge >= 0.3 is 0 Å². The fourth-order valence-electron chi connectivity index (χ4n) is 4.05. The predicted octanol–water partition coefficient (Wildman–Crippen LogP) is 2.90. The van der Waals surface area contributed by atoms with Crippen LogP contribution in [-0.4, -0.2) is 60.9 Å². The lowest BCUT2D eigenvalue weighted by Crippen LogP contribution is -2.51. The van der Waals surface area contributed by atoms with Crippen molar-refractivity contribution in [2.24, 2.45) is 5.92 Å². The molecule has 1 unspecified atom stereocenters. The van der Waals surface area contributed by atoms with Gasteiger partial charge in [0.05, 0.1) is 0 Å². The normalized spacial score (nSPS) is 20.6. The van der Waals surface area contributed by atoms with Crippen molar-refractivity contribution in [3.8, 4) is 0 Å². The minimum absolute atomic E-state index is 0.00657. The van der Waals surface area contributed by atoms with Crippen LogP contribution in [0.2, 0.25) is 0 Å². The number of nitrogens with zero attached hydrogens (tertiary/aromatic N) is 3. The monoisotopic (exact) mass is 389 g/mol. The first-order chi connectivity index (χ1) is 14.2. The average molecular weight is 389 g/mol. The maximum absolute atomic E-state index is 12.9. The molecule has 0 N–H and O–H groups in total. The van der Waals surface area contributed by atoms with Crippen LogP contribution in [0.1, 0.15) is 12.0 Å². The number of anilines is 1. The number of carbonyl (C=O) groups excluding carboxylic acids is 2. The van der Waals surface area contributed by atoms with Crippen molar-refractivity contribution < 1.29 is 9.59 Å². The highest BCUT2D eigenvalue weighted by Crippen LogP contribution is 2.26. The summed E-state index contributed by atoms with van der Waals surface area (Å²) >= 11 is 0. The fraction of sp³-hybridized carbons (Fsp3) is 0.333. The number of carbonyl (C=O) groups is 2. The lowest BCUT2D eigenvalue weighted by Gasteiger charge is -2.35. The first-order valence-corrected chi connectivity index (χ1v) is 10.3. The van der Waals surface area contributed by atoms with Gasteiger partial charge in [0.1, 0.15) is 5.92 Å². The molecule has 0 aromatic heterocycles. The summed E-state index contributed by atoms with van der Waals surface area (Å²) in [5.74, 6) is -0.595.